The van der Waals surface area contributed by atoms with Crippen molar-refractivity contribution >= 4 is 40.9 Å². The molecule has 1 aliphatic rings. The van der Waals surface area contributed by atoms with Gasteiger partial charge < -0.3 is 10.6 Å². The van der Waals surface area contributed by atoms with Crippen LogP contribution in [0.15, 0.2) is 48.5 Å². The Hall–Kier alpha value is -3.19. The summed E-state index contributed by atoms with van der Waals surface area (Å²) in [5, 5.41) is 6.06. The number of hydrogen-bond acceptors (Lipinski definition) is 4. The van der Waals surface area contributed by atoms with Crippen molar-refractivity contribution in [2.75, 3.05) is 11.9 Å². The molecule has 0 radical (unpaired) electrons. The Morgan fingerprint density at radius 1 is 1.03 bits per heavy atom. The third kappa shape index (κ3) is 4.53. The minimum absolute atomic E-state index is 0.144. The number of rotatable bonds is 6. The average Bonchev–Trinajstić information content (AvgIpc) is 2.99. The zero-order valence-electron chi connectivity index (χ0n) is 18.5. The number of Topliss-reactive ketones (excluding diaryl/α,β-unsaturated/α-hetero) is 1. The smallest absolute Gasteiger partial charge is 0.325 e. The zero-order chi connectivity index (χ0) is 23.7. The van der Waals surface area contributed by atoms with Crippen molar-refractivity contribution in [3.63, 3.8) is 0 Å². The first-order valence-corrected chi connectivity index (χ1v) is 10.7. The number of imide groups is 1. The highest BCUT2D eigenvalue weighted by Crippen LogP contribution is 2.33. The van der Waals surface area contributed by atoms with Gasteiger partial charge in [0.1, 0.15) is 5.54 Å². The number of hydrogen-bond donors (Lipinski definition) is 2. The molecule has 0 aliphatic carbocycles. The number of carbonyl (C=O) groups excluding carboxylic acids is 4. The van der Waals surface area contributed by atoms with Gasteiger partial charge in [0.05, 0.1) is 6.54 Å². The first-order valence-electron chi connectivity index (χ1n) is 10.3. The molecule has 32 heavy (non-hydrogen) atoms. The average molecular weight is 456 g/mol. The van der Waals surface area contributed by atoms with Crippen molar-refractivity contribution in [2.45, 2.75) is 39.7 Å². The van der Waals surface area contributed by atoms with E-state index in [-0.39, 0.29) is 18.2 Å². The third-order valence-electron chi connectivity index (χ3n) is 5.49. The van der Waals surface area contributed by atoms with Gasteiger partial charge in [-0.3, -0.25) is 19.3 Å². The van der Waals surface area contributed by atoms with Crippen LogP contribution in [0, 0.1) is 5.41 Å². The Labute approximate surface area is 192 Å². The second kappa shape index (κ2) is 8.74. The van der Waals surface area contributed by atoms with E-state index < -0.39 is 22.9 Å². The first-order chi connectivity index (χ1) is 15.0. The molecule has 1 fully saturated rings. The molecule has 1 saturated heterocycles. The molecule has 0 aromatic heterocycles. The second-order valence-corrected chi connectivity index (χ2v) is 9.23. The second-order valence-electron chi connectivity index (χ2n) is 8.79. The quantitative estimate of drug-likeness (QED) is 0.499. The van der Waals surface area contributed by atoms with Crippen LogP contribution in [0.1, 0.15) is 50.0 Å². The van der Waals surface area contributed by atoms with Crippen LogP contribution in [0.3, 0.4) is 0 Å². The van der Waals surface area contributed by atoms with Gasteiger partial charge in [0, 0.05) is 21.7 Å². The van der Waals surface area contributed by atoms with E-state index in [9.17, 15) is 19.2 Å². The van der Waals surface area contributed by atoms with Crippen molar-refractivity contribution in [1.82, 2.24) is 10.2 Å². The number of anilines is 1. The summed E-state index contributed by atoms with van der Waals surface area (Å²) in [7, 11) is 0. The predicted molar refractivity (Wildman–Crippen MR) is 123 cm³/mol. The normalized spacial score (nSPS) is 18.5. The van der Waals surface area contributed by atoms with E-state index in [4.69, 9.17) is 11.6 Å². The van der Waals surface area contributed by atoms with Crippen LogP contribution in [0.5, 0.6) is 0 Å². The van der Waals surface area contributed by atoms with Gasteiger partial charge in [-0.05, 0) is 48.4 Å². The molecule has 1 unspecified atom stereocenters. The summed E-state index contributed by atoms with van der Waals surface area (Å²) in [4.78, 5) is 51.6. The summed E-state index contributed by atoms with van der Waals surface area (Å²) >= 11 is 5.95. The van der Waals surface area contributed by atoms with Crippen LogP contribution in [0.4, 0.5) is 10.5 Å². The SMILES string of the molecule is CCC1(c2ccc(Cl)cc2)NC(=O)N(CC(=O)c2ccc(NC(=O)C(C)(C)C)cc2)C1=O. The van der Waals surface area contributed by atoms with E-state index in [0.717, 1.165) is 4.90 Å². The number of benzene rings is 2. The maximum atomic E-state index is 13.2. The van der Waals surface area contributed by atoms with Gasteiger partial charge in [0.2, 0.25) is 5.91 Å². The lowest BCUT2D eigenvalue weighted by molar-refractivity contribution is -0.131. The predicted octanol–water partition coefficient (Wildman–Crippen LogP) is 4.36. The lowest BCUT2D eigenvalue weighted by Gasteiger charge is -2.25. The monoisotopic (exact) mass is 455 g/mol. The molecule has 1 atom stereocenters. The molecule has 168 valence electrons. The lowest BCUT2D eigenvalue weighted by atomic mass is 9.87. The van der Waals surface area contributed by atoms with Crippen LogP contribution in [0.2, 0.25) is 5.02 Å². The molecule has 2 N–H and O–H groups in total. The number of ketones is 1. The molecule has 1 heterocycles. The molecule has 8 heteroatoms. The highest BCUT2D eigenvalue weighted by molar-refractivity contribution is 6.30. The Bertz CT molecular complexity index is 1060. The summed E-state index contributed by atoms with van der Waals surface area (Å²) in [5.74, 6) is -1.01. The van der Waals surface area contributed by atoms with E-state index >= 15 is 0 Å². The van der Waals surface area contributed by atoms with Crippen molar-refractivity contribution in [2.24, 2.45) is 5.41 Å². The zero-order valence-corrected chi connectivity index (χ0v) is 19.2. The molecule has 2 aromatic rings. The molecule has 0 spiro atoms. The Morgan fingerprint density at radius 2 is 1.62 bits per heavy atom. The van der Waals surface area contributed by atoms with Crippen molar-refractivity contribution in [1.29, 1.82) is 0 Å². The van der Waals surface area contributed by atoms with Crippen LogP contribution in [-0.4, -0.2) is 35.1 Å². The van der Waals surface area contributed by atoms with Crippen LogP contribution in [0.25, 0.3) is 0 Å². The Balaban J connectivity index is 1.75. The molecule has 4 amide bonds. The van der Waals surface area contributed by atoms with Crippen LogP contribution >= 0.6 is 11.6 Å². The fourth-order valence-corrected chi connectivity index (χ4v) is 3.56. The number of amides is 4. The van der Waals surface area contributed by atoms with Gasteiger partial charge in [-0.25, -0.2) is 4.79 Å². The highest BCUT2D eigenvalue weighted by atomic mass is 35.5. The van der Waals surface area contributed by atoms with E-state index in [1.165, 1.54) is 0 Å². The highest BCUT2D eigenvalue weighted by Gasteiger charge is 2.51. The van der Waals surface area contributed by atoms with Gasteiger partial charge in [-0.15, -0.1) is 0 Å². The topological polar surface area (TPSA) is 95.6 Å². The minimum atomic E-state index is -1.23. The molecule has 7 nitrogen and oxygen atoms in total. The Kier molecular flexibility index (Phi) is 6.41. The largest absolute Gasteiger partial charge is 0.326 e. The molecular formula is C24H26ClN3O4. The first kappa shape index (κ1) is 23.5. The number of nitrogens with zero attached hydrogens (tertiary/aromatic N) is 1. The van der Waals surface area contributed by atoms with E-state index in [2.05, 4.69) is 10.6 Å². The summed E-state index contributed by atoms with van der Waals surface area (Å²) < 4.78 is 0. The van der Waals surface area contributed by atoms with E-state index in [1.807, 2.05) is 0 Å². The fraction of sp³-hybridized carbons (Fsp3) is 0.333. The van der Waals surface area contributed by atoms with Gasteiger partial charge in [-0.2, -0.15) is 0 Å². The molecule has 0 bridgehead atoms. The van der Waals surface area contributed by atoms with E-state index in [1.54, 1.807) is 76.2 Å². The summed E-state index contributed by atoms with van der Waals surface area (Å²) in [6.45, 7) is 6.83. The number of nitrogens with one attached hydrogen (secondary N) is 2. The number of urea groups is 1. The van der Waals surface area contributed by atoms with Crippen molar-refractivity contribution < 1.29 is 19.2 Å². The molecule has 3 rings (SSSR count). The standard InChI is InChI=1S/C24H26ClN3O4/c1-5-24(16-8-10-17(25)11-9-16)21(31)28(22(32)27-24)14-19(29)15-6-12-18(13-7-15)26-20(30)23(2,3)4/h6-13H,5,14H2,1-4H3,(H,26,30)(H,27,32). The summed E-state index contributed by atoms with van der Waals surface area (Å²) in [5.41, 5.74) is -0.280. The van der Waals surface area contributed by atoms with Gasteiger partial charge in [0.15, 0.2) is 5.78 Å². The maximum absolute atomic E-state index is 13.2. The molecule has 2 aromatic carbocycles. The van der Waals surface area contributed by atoms with E-state index in [0.29, 0.717) is 28.3 Å². The van der Waals surface area contributed by atoms with Gasteiger partial charge in [0.25, 0.3) is 5.91 Å². The van der Waals surface area contributed by atoms with Crippen molar-refractivity contribution in [3.05, 3.63) is 64.7 Å². The van der Waals surface area contributed by atoms with Crippen molar-refractivity contribution in [3.8, 4) is 0 Å². The minimum Gasteiger partial charge on any atom is -0.326 e. The number of carbonyl (C=O) groups is 4. The summed E-state index contributed by atoms with van der Waals surface area (Å²) in [6.07, 6.45) is 0.325. The molecular weight excluding hydrogens is 430 g/mol. The molecule has 0 saturated carbocycles. The summed E-state index contributed by atoms with van der Waals surface area (Å²) in [6, 6.07) is 12.4. The number of halogens is 1. The molecule has 1 aliphatic heterocycles. The van der Waals surface area contributed by atoms with Gasteiger partial charge in [-0.1, -0.05) is 51.4 Å². The third-order valence-corrected chi connectivity index (χ3v) is 5.74. The lowest BCUT2D eigenvalue weighted by Crippen LogP contribution is -2.43. The van der Waals surface area contributed by atoms with Gasteiger partial charge >= 0.3 is 6.03 Å². The van der Waals surface area contributed by atoms with Crippen LogP contribution in [-0.2, 0) is 15.1 Å². The maximum Gasteiger partial charge on any atom is 0.325 e. The van der Waals surface area contributed by atoms with Crippen LogP contribution < -0.4 is 10.6 Å². The fourth-order valence-electron chi connectivity index (χ4n) is 3.44. The Morgan fingerprint density at radius 3 is 2.16 bits per heavy atom.